The van der Waals surface area contributed by atoms with Gasteiger partial charge in [-0.15, -0.1) is 0 Å². The molecule has 1 amide bonds. The van der Waals surface area contributed by atoms with E-state index in [4.69, 9.17) is 4.74 Å². The lowest BCUT2D eigenvalue weighted by Gasteiger charge is -2.50. The van der Waals surface area contributed by atoms with Crippen LogP contribution in [0.15, 0.2) is 30.3 Å². The average molecular weight is 217 g/mol. The predicted molar refractivity (Wildman–Crippen MR) is 59.8 cm³/mol. The smallest absolute Gasteiger partial charge is 0.229 e. The largest absolute Gasteiger partial charge is 0.381 e. The van der Waals surface area contributed by atoms with E-state index in [9.17, 15) is 4.79 Å². The van der Waals surface area contributed by atoms with Crippen LogP contribution in [-0.2, 0) is 9.53 Å². The molecule has 2 aliphatic rings. The molecule has 3 nitrogen and oxygen atoms in total. The molecule has 0 saturated carbocycles. The van der Waals surface area contributed by atoms with Crippen molar-refractivity contribution in [1.82, 2.24) is 5.32 Å². The monoisotopic (exact) mass is 217 g/mol. The highest BCUT2D eigenvalue weighted by Crippen LogP contribution is 2.49. The highest BCUT2D eigenvalue weighted by molar-refractivity contribution is 5.90. The number of hydrogen-bond donors (Lipinski definition) is 1. The third-order valence-corrected chi connectivity index (χ3v) is 3.80. The minimum atomic E-state index is -0.195. The fraction of sp³-hybridized carbons (Fsp3) is 0.462. The van der Waals surface area contributed by atoms with Gasteiger partial charge in [0.15, 0.2) is 0 Å². The number of nitrogens with one attached hydrogen (secondary N) is 1. The molecule has 2 aliphatic heterocycles. The van der Waals surface area contributed by atoms with E-state index < -0.39 is 0 Å². The number of carbonyl (C=O) groups excluding carboxylic acids is 1. The van der Waals surface area contributed by atoms with Gasteiger partial charge in [0.1, 0.15) is 0 Å². The second-order valence-electron chi connectivity index (χ2n) is 4.59. The molecule has 0 radical (unpaired) electrons. The molecular formula is C13H15NO2. The van der Waals surface area contributed by atoms with Crippen LogP contribution in [0.25, 0.3) is 0 Å². The number of amides is 1. The van der Waals surface area contributed by atoms with Crippen LogP contribution in [0.2, 0.25) is 0 Å². The van der Waals surface area contributed by atoms with Crippen LogP contribution in [0, 0.1) is 5.41 Å². The summed E-state index contributed by atoms with van der Waals surface area (Å²) < 4.78 is 5.35. The SMILES string of the molecule is O=C1N[C@@H](c2ccccc2)C12CCOCC2. The molecule has 1 aromatic carbocycles. The third-order valence-electron chi connectivity index (χ3n) is 3.80. The first kappa shape index (κ1) is 9.85. The predicted octanol–water partition coefficient (Wildman–Crippen LogP) is 1.65. The van der Waals surface area contributed by atoms with Crippen molar-refractivity contribution in [3.63, 3.8) is 0 Å². The Morgan fingerprint density at radius 2 is 1.88 bits per heavy atom. The summed E-state index contributed by atoms with van der Waals surface area (Å²) in [5, 5.41) is 3.03. The highest BCUT2D eigenvalue weighted by Gasteiger charge is 2.55. The molecule has 1 spiro atoms. The summed E-state index contributed by atoms with van der Waals surface area (Å²) in [6.07, 6.45) is 1.69. The van der Waals surface area contributed by atoms with Gasteiger partial charge >= 0.3 is 0 Å². The molecule has 2 heterocycles. The van der Waals surface area contributed by atoms with Gasteiger partial charge in [0.2, 0.25) is 5.91 Å². The Hall–Kier alpha value is -1.35. The topological polar surface area (TPSA) is 38.3 Å². The first-order chi connectivity index (χ1) is 7.83. The van der Waals surface area contributed by atoms with Crippen LogP contribution in [0.1, 0.15) is 24.4 Å². The maximum atomic E-state index is 11.8. The van der Waals surface area contributed by atoms with Gasteiger partial charge in [0.05, 0.1) is 11.5 Å². The van der Waals surface area contributed by atoms with Crippen LogP contribution in [0.4, 0.5) is 0 Å². The number of hydrogen-bond acceptors (Lipinski definition) is 2. The van der Waals surface area contributed by atoms with Gasteiger partial charge in [0, 0.05) is 13.2 Å². The van der Waals surface area contributed by atoms with Gasteiger partial charge in [-0.1, -0.05) is 30.3 Å². The molecule has 3 rings (SSSR count). The molecule has 1 aromatic rings. The average Bonchev–Trinajstić information content (AvgIpc) is 2.38. The molecule has 3 heteroatoms. The molecule has 0 aliphatic carbocycles. The fourth-order valence-corrected chi connectivity index (χ4v) is 2.77. The number of rotatable bonds is 1. The summed E-state index contributed by atoms with van der Waals surface area (Å²) in [6.45, 7) is 1.41. The van der Waals surface area contributed by atoms with Crippen LogP contribution < -0.4 is 5.32 Å². The second kappa shape index (κ2) is 3.59. The van der Waals surface area contributed by atoms with Crippen LogP contribution >= 0.6 is 0 Å². The minimum absolute atomic E-state index is 0.185. The van der Waals surface area contributed by atoms with E-state index in [1.54, 1.807) is 0 Å². The zero-order valence-corrected chi connectivity index (χ0v) is 9.11. The first-order valence-electron chi connectivity index (χ1n) is 5.77. The van der Waals surface area contributed by atoms with E-state index in [1.807, 2.05) is 18.2 Å². The van der Waals surface area contributed by atoms with E-state index in [2.05, 4.69) is 17.4 Å². The summed E-state index contributed by atoms with van der Waals surface area (Å²) >= 11 is 0. The number of carbonyl (C=O) groups is 1. The zero-order valence-electron chi connectivity index (χ0n) is 9.11. The molecule has 1 N–H and O–H groups in total. The molecule has 0 bridgehead atoms. The summed E-state index contributed by atoms with van der Waals surface area (Å²) in [5.74, 6) is 0.199. The van der Waals surface area contributed by atoms with Gasteiger partial charge in [-0.3, -0.25) is 4.79 Å². The molecule has 2 saturated heterocycles. The van der Waals surface area contributed by atoms with E-state index >= 15 is 0 Å². The summed E-state index contributed by atoms with van der Waals surface area (Å²) in [6, 6.07) is 10.4. The van der Waals surface area contributed by atoms with Crippen LogP contribution in [0.5, 0.6) is 0 Å². The van der Waals surface area contributed by atoms with Crippen molar-refractivity contribution in [1.29, 1.82) is 0 Å². The Bertz CT molecular complexity index is 396. The maximum absolute atomic E-state index is 11.8. The fourth-order valence-electron chi connectivity index (χ4n) is 2.77. The van der Waals surface area contributed by atoms with E-state index in [0.717, 1.165) is 12.8 Å². The lowest BCUT2D eigenvalue weighted by atomic mass is 9.65. The van der Waals surface area contributed by atoms with Gasteiger partial charge in [-0.2, -0.15) is 0 Å². The Morgan fingerprint density at radius 3 is 2.50 bits per heavy atom. The van der Waals surface area contributed by atoms with Gasteiger partial charge in [-0.25, -0.2) is 0 Å². The molecule has 16 heavy (non-hydrogen) atoms. The first-order valence-corrected chi connectivity index (χ1v) is 5.77. The maximum Gasteiger partial charge on any atom is 0.229 e. The minimum Gasteiger partial charge on any atom is -0.381 e. The number of β-lactam (4-membered cyclic amide) rings is 1. The third kappa shape index (κ3) is 1.28. The molecule has 1 atom stereocenters. The van der Waals surface area contributed by atoms with Crippen molar-refractivity contribution in [2.24, 2.45) is 5.41 Å². The number of ether oxygens (including phenoxy) is 1. The Kier molecular flexibility index (Phi) is 2.21. The lowest BCUT2D eigenvalue weighted by molar-refractivity contribution is -0.155. The molecule has 84 valence electrons. The second-order valence-corrected chi connectivity index (χ2v) is 4.59. The number of benzene rings is 1. The Balaban J connectivity index is 1.90. The van der Waals surface area contributed by atoms with Crippen molar-refractivity contribution < 1.29 is 9.53 Å². The summed E-state index contributed by atoms with van der Waals surface area (Å²) in [5.41, 5.74) is 1.02. The van der Waals surface area contributed by atoms with Crippen molar-refractivity contribution in [2.75, 3.05) is 13.2 Å². The van der Waals surface area contributed by atoms with E-state index in [-0.39, 0.29) is 17.4 Å². The van der Waals surface area contributed by atoms with Gasteiger partial charge < -0.3 is 10.1 Å². The van der Waals surface area contributed by atoms with Crippen LogP contribution in [-0.4, -0.2) is 19.1 Å². The van der Waals surface area contributed by atoms with Crippen molar-refractivity contribution in [2.45, 2.75) is 18.9 Å². The molecule has 0 aromatic heterocycles. The van der Waals surface area contributed by atoms with Crippen molar-refractivity contribution in [3.05, 3.63) is 35.9 Å². The summed E-state index contributed by atoms with van der Waals surface area (Å²) in [4.78, 5) is 11.8. The normalized spacial score (nSPS) is 27.2. The van der Waals surface area contributed by atoms with Crippen molar-refractivity contribution in [3.8, 4) is 0 Å². The van der Waals surface area contributed by atoms with E-state index in [0.29, 0.717) is 13.2 Å². The Labute approximate surface area is 94.8 Å². The Morgan fingerprint density at radius 1 is 1.19 bits per heavy atom. The van der Waals surface area contributed by atoms with Crippen LogP contribution in [0.3, 0.4) is 0 Å². The van der Waals surface area contributed by atoms with Gasteiger partial charge in [0.25, 0.3) is 0 Å². The quantitative estimate of drug-likeness (QED) is 0.726. The summed E-state index contributed by atoms with van der Waals surface area (Å²) in [7, 11) is 0. The standard InChI is InChI=1S/C13H15NO2/c15-12-13(6-8-16-9-7-13)11(14-12)10-4-2-1-3-5-10/h1-5,11H,6-9H2,(H,14,15)/t11-/m0/s1. The van der Waals surface area contributed by atoms with Gasteiger partial charge in [-0.05, 0) is 18.4 Å². The molecular weight excluding hydrogens is 202 g/mol. The lowest BCUT2D eigenvalue weighted by Crippen LogP contribution is -2.63. The van der Waals surface area contributed by atoms with E-state index in [1.165, 1.54) is 5.56 Å². The molecule has 2 fully saturated rings. The highest BCUT2D eigenvalue weighted by atomic mass is 16.5. The zero-order chi connectivity index (χ0) is 11.0. The van der Waals surface area contributed by atoms with Crippen molar-refractivity contribution >= 4 is 5.91 Å². The molecule has 0 unspecified atom stereocenters.